The second-order valence-corrected chi connectivity index (χ2v) is 9.42. The van der Waals surface area contributed by atoms with Gasteiger partial charge in [-0.3, -0.25) is 14.4 Å². The van der Waals surface area contributed by atoms with E-state index in [4.69, 9.17) is 16.3 Å². The molecule has 188 valence electrons. The number of ether oxygens (including phenoxy) is 1. The van der Waals surface area contributed by atoms with Crippen LogP contribution in [-0.4, -0.2) is 51.7 Å². The molecule has 8 nitrogen and oxygen atoms in total. The quantitative estimate of drug-likeness (QED) is 0.510. The van der Waals surface area contributed by atoms with Crippen LogP contribution in [0.15, 0.2) is 29.2 Å². The van der Waals surface area contributed by atoms with Crippen molar-refractivity contribution in [2.24, 2.45) is 5.92 Å². The highest BCUT2D eigenvalue weighted by Crippen LogP contribution is 2.52. The molecule has 0 radical (unpaired) electrons. The molecule has 10 heteroatoms. The Kier molecular flexibility index (Phi) is 7.19. The fraction of sp³-hybridized carbons (Fsp3) is 0.480. The van der Waals surface area contributed by atoms with Gasteiger partial charge < -0.3 is 24.6 Å². The van der Waals surface area contributed by atoms with Gasteiger partial charge >= 0.3 is 0 Å². The predicted octanol–water partition coefficient (Wildman–Crippen LogP) is 2.98. The Morgan fingerprint density at radius 3 is 2.77 bits per heavy atom. The Balaban J connectivity index is 1.72. The van der Waals surface area contributed by atoms with E-state index in [1.807, 2.05) is 13.8 Å². The normalized spacial score (nSPS) is 20.7. The van der Waals surface area contributed by atoms with Crippen molar-refractivity contribution >= 4 is 23.4 Å². The number of nitrogens with zero attached hydrogens (tertiary/aromatic N) is 2. The number of aromatic nitrogens is 1. The summed E-state index contributed by atoms with van der Waals surface area (Å²) in [4.78, 5) is 41.5. The molecule has 1 saturated carbocycles. The zero-order chi connectivity index (χ0) is 25.3. The van der Waals surface area contributed by atoms with Crippen LogP contribution in [0.3, 0.4) is 0 Å². The van der Waals surface area contributed by atoms with Crippen molar-refractivity contribution in [1.82, 2.24) is 14.8 Å². The zero-order valence-corrected chi connectivity index (χ0v) is 20.5. The van der Waals surface area contributed by atoms with Crippen molar-refractivity contribution < 1.29 is 23.8 Å². The second-order valence-electron chi connectivity index (χ2n) is 9.01. The third kappa shape index (κ3) is 4.43. The number of hydrogen-bond donors (Lipinski definition) is 2. The van der Waals surface area contributed by atoms with Crippen LogP contribution < -0.4 is 15.5 Å². The van der Waals surface area contributed by atoms with Gasteiger partial charge in [-0.25, -0.2) is 4.39 Å². The highest BCUT2D eigenvalue weighted by Gasteiger charge is 2.61. The highest BCUT2D eigenvalue weighted by molar-refractivity contribution is 6.30. The number of amides is 2. The van der Waals surface area contributed by atoms with E-state index in [-0.39, 0.29) is 59.2 Å². The number of likely N-dealkylation sites (N-methyl/N-ethyl adjacent to an activating group) is 1. The lowest BCUT2D eigenvalue weighted by Gasteiger charge is -2.39. The lowest BCUT2D eigenvalue weighted by molar-refractivity contribution is 0.0505. The van der Waals surface area contributed by atoms with Crippen LogP contribution in [0.5, 0.6) is 5.75 Å². The van der Waals surface area contributed by atoms with Gasteiger partial charge in [-0.1, -0.05) is 37.1 Å². The summed E-state index contributed by atoms with van der Waals surface area (Å²) in [5, 5.41) is 12.3. The summed E-state index contributed by atoms with van der Waals surface area (Å²) in [6, 6.07) is 4.46. The van der Waals surface area contributed by atoms with Crippen LogP contribution in [0.2, 0.25) is 5.02 Å². The number of aliphatic hydroxyl groups excluding tert-OH is 1. The fourth-order valence-electron chi connectivity index (χ4n) is 4.85. The Morgan fingerprint density at radius 1 is 1.34 bits per heavy atom. The van der Waals surface area contributed by atoms with Gasteiger partial charge in [0.25, 0.3) is 11.8 Å². The molecule has 1 spiro atoms. The van der Waals surface area contributed by atoms with Crippen molar-refractivity contribution in [2.45, 2.75) is 51.7 Å². The standard InChI is InChI=1S/C25H29ClFN3O5/c1-3-5-9-35-22-20-24(34)30(4-2)25(10-16(25)13-31)14-29(20)12-17(21(22)32)23(33)28-11-15-7-6-8-18(26)19(15)27/h6-8,12,16,31H,3-5,9-11,13-14H2,1-2H3,(H,28,33)/t16-,25-/m0/s1. The summed E-state index contributed by atoms with van der Waals surface area (Å²) < 4.78 is 21.6. The Hall–Kier alpha value is -2.91. The third-order valence-electron chi connectivity index (χ3n) is 6.86. The average Bonchev–Trinajstić information content (AvgIpc) is 3.54. The van der Waals surface area contributed by atoms with E-state index < -0.39 is 22.7 Å². The first-order chi connectivity index (χ1) is 16.8. The molecule has 1 aromatic heterocycles. The number of aliphatic hydroxyl groups is 1. The number of carbonyl (C=O) groups excluding carboxylic acids is 2. The molecule has 0 saturated heterocycles. The number of benzene rings is 1. The summed E-state index contributed by atoms with van der Waals surface area (Å²) >= 11 is 5.81. The van der Waals surface area contributed by atoms with E-state index in [0.29, 0.717) is 25.9 Å². The first-order valence-corrected chi connectivity index (χ1v) is 12.2. The molecule has 2 amide bonds. The molecule has 2 aliphatic rings. The Labute approximate surface area is 207 Å². The van der Waals surface area contributed by atoms with E-state index in [1.165, 1.54) is 18.3 Å². The summed E-state index contributed by atoms with van der Waals surface area (Å²) in [5.74, 6) is -1.94. The van der Waals surface area contributed by atoms with E-state index in [1.54, 1.807) is 15.5 Å². The predicted molar refractivity (Wildman–Crippen MR) is 128 cm³/mol. The van der Waals surface area contributed by atoms with Crippen molar-refractivity contribution in [3.8, 4) is 5.75 Å². The molecule has 1 fully saturated rings. The SMILES string of the molecule is CCCCOc1c2n(cc(C(=O)NCc3cccc(Cl)c3F)c1=O)C[C@]1(C[C@H]1CO)N(CC)C2=O. The Bertz CT molecular complexity index is 1220. The highest BCUT2D eigenvalue weighted by atomic mass is 35.5. The van der Waals surface area contributed by atoms with E-state index in [9.17, 15) is 23.9 Å². The van der Waals surface area contributed by atoms with Crippen molar-refractivity contribution in [1.29, 1.82) is 0 Å². The molecular formula is C25H29ClFN3O5. The van der Waals surface area contributed by atoms with Crippen LogP contribution in [0, 0.1) is 11.7 Å². The van der Waals surface area contributed by atoms with E-state index in [2.05, 4.69) is 5.32 Å². The van der Waals surface area contributed by atoms with Crippen molar-refractivity contribution in [3.05, 3.63) is 62.3 Å². The minimum absolute atomic E-state index is 0.0578. The first-order valence-electron chi connectivity index (χ1n) is 11.8. The summed E-state index contributed by atoms with van der Waals surface area (Å²) in [5.41, 5.74) is -1.15. The van der Waals surface area contributed by atoms with Crippen LogP contribution in [0.25, 0.3) is 0 Å². The molecule has 2 atom stereocenters. The van der Waals surface area contributed by atoms with Crippen molar-refractivity contribution in [3.63, 3.8) is 0 Å². The molecular weight excluding hydrogens is 477 g/mol. The maximum absolute atomic E-state index is 14.2. The number of fused-ring (bicyclic) bond motifs is 1. The van der Waals surface area contributed by atoms with E-state index in [0.717, 1.165) is 6.42 Å². The summed E-state index contributed by atoms with van der Waals surface area (Å²) in [6.07, 6.45) is 3.50. The monoisotopic (exact) mass is 505 g/mol. The molecule has 1 aliphatic carbocycles. The van der Waals surface area contributed by atoms with Gasteiger partial charge in [-0.05, 0) is 25.8 Å². The summed E-state index contributed by atoms with van der Waals surface area (Å²) in [6.45, 7) is 4.58. The molecule has 0 bridgehead atoms. The van der Waals surface area contributed by atoms with E-state index >= 15 is 0 Å². The number of unbranched alkanes of at least 4 members (excludes halogenated alkanes) is 1. The number of hydrogen-bond acceptors (Lipinski definition) is 5. The molecule has 1 aromatic carbocycles. The smallest absolute Gasteiger partial charge is 0.275 e. The van der Waals surface area contributed by atoms with Gasteiger partial charge in [-0.2, -0.15) is 0 Å². The van der Waals surface area contributed by atoms with Crippen molar-refractivity contribution in [2.75, 3.05) is 19.8 Å². The molecule has 2 N–H and O–H groups in total. The van der Waals surface area contributed by atoms with Crippen LogP contribution in [0.4, 0.5) is 4.39 Å². The molecule has 1 aliphatic heterocycles. The average molecular weight is 506 g/mol. The number of rotatable bonds is 9. The molecule has 35 heavy (non-hydrogen) atoms. The number of pyridine rings is 1. The number of nitrogens with one attached hydrogen (secondary N) is 1. The molecule has 2 aromatic rings. The third-order valence-corrected chi connectivity index (χ3v) is 7.16. The van der Waals surface area contributed by atoms with Gasteiger partial charge in [0.1, 0.15) is 11.4 Å². The summed E-state index contributed by atoms with van der Waals surface area (Å²) in [7, 11) is 0. The van der Waals surface area contributed by atoms with Gasteiger partial charge in [0.2, 0.25) is 5.43 Å². The largest absolute Gasteiger partial charge is 0.487 e. The van der Waals surface area contributed by atoms with Crippen LogP contribution in [0.1, 0.15) is 59.5 Å². The lowest BCUT2D eigenvalue weighted by Crippen LogP contribution is -2.52. The lowest BCUT2D eigenvalue weighted by atomic mass is 10.0. The topological polar surface area (TPSA) is 101 Å². The van der Waals surface area contributed by atoms with Crippen LogP contribution in [-0.2, 0) is 13.1 Å². The Morgan fingerprint density at radius 2 is 2.11 bits per heavy atom. The number of halogens is 2. The molecule has 4 rings (SSSR count). The minimum Gasteiger partial charge on any atom is -0.487 e. The fourth-order valence-corrected chi connectivity index (χ4v) is 5.04. The van der Waals surface area contributed by atoms with Gasteiger partial charge in [0, 0.05) is 43.9 Å². The zero-order valence-electron chi connectivity index (χ0n) is 19.8. The van der Waals surface area contributed by atoms with Gasteiger partial charge in [-0.15, -0.1) is 0 Å². The van der Waals surface area contributed by atoms with Gasteiger partial charge in [0.05, 0.1) is 17.2 Å². The first kappa shape index (κ1) is 25.2. The molecule has 2 heterocycles. The maximum atomic E-state index is 14.2. The molecule has 0 unspecified atom stereocenters. The minimum atomic E-state index is -0.709. The maximum Gasteiger partial charge on any atom is 0.275 e. The number of carbonyl (C=O) groups is 2. The second kappa shape index (κ2) is 9.99. The van der Waals surface area contributed by atoms with Gasteiger partial charge in [0.15, 0.2) is 11.4 Å². The van der Waals surface area contributed by atoms with Crippen LogP contribution >= 0.6 is 11.6 Å².